The molecule has 6 heterocycles. The van der Waals surface area contributed by atoms with Gasteiger partial charge in [-0.2, -0.15) is 15.0 Å². The number of nitrogens with one attached hydrogen (secondary N) is 1. The number of aromatic nitrogens is 11. The van der Waals surface area contributed by atoms with E-state index >= 15 is 0 Å². The summed E-state index contributed by atoms with van der Waals surface area (Å²) in [7, 11) is 0. The number of allylic oxidation sites excluding steroid dienone is 1. The maximum atomic E-state index is 12.1. The predicted octanol–water partition coefficient (Wildman–Crippen LogP) is 1.21. The van der Waals surface area contributed by atoms with Gasteiger partial charge in [-0.3, -0.25) is 9.95 Å². The molecule has 0 amide bonds. The summed E-state index contributed by atoms with van der Waals surface area (Å²) in [6.45, 7) is 10.5. The van der Waals surface area contributed by atoms with E-state index in [1.807, 2.05) is 0 Å². The standard InChI is InChI=1S/C17H24N12O2/c1-4-5-6-7-8-9-10-11-12(2)13(3)21-26-23-15-18-14-19-16(20-15)25-29(28(23)26)27-22(14)24(27)17(30)31-25/h21H,2-11H2,1H3. The Hall–Kier alpha value is -3.84. The summed E-state index contributed by atoms with van der Waals surface area (Å²) in [5.74, 6) is 0.361. The minimum Gasteiger partial charge on any atom is -0.291 e. The normalized spacial score (nSPS) is 12.8. The third-order valence-electron chi connectivity index (χ3n) is 5.66. The topological polar surface area (TPSA) is 119 Å². The molecule has 0 unspecified atom stereocenters. The molecule has 164 valence electrons. The van der Waals surface area contributed by atoms with Crippen molar-refractivity contribution in [2.75, 3.05) is 5.43 Å². The number of unbranched alkanes of at least 4 members (excludes halogenated alkanes) is 6. The van der Waals surface area contributed by atoms with Crippen molar-refractivity contribution < 1.29 is 4.52 Å². The number of fused-ring (bicyclic) bond motifs is 6. The Kier molecular flexibility index (Phi) is 3.67. The SMILES string of the molecule is C=C(CCCCCCCCC)C(=C)Nn1n2n1-n1n3oc(=O)n4n(n14)-c1nc-3nc-2n1. The van der Waals surface area contributed by atoms with Gasteiger partial charge in [0.1, 0.15) is 0 Å². The second kappa shape index (κ2) is 6.33. The summed E-state index contributed by atoms with van der Waals surface area (Å²) < 4.78 is 8.13. The summed E-state index contributed by atoms with van der Waals surface area (Å²) in [5.41, 5.74) is 4.86. The zero-order valence-electron chi connectivity index (χ0n) is 17.3. The van der Waals surface area contributed by atoms with Crippen LogP contribution in [0.15, 0.2) is 33.7 Å². The van der Waals surface area contributed by atoms with Crippen LogP contribution in [0.5, 0.6) is 0 Å². The Labute approximate surface area is 175 Å². The van der Waals surface area contributed by atoms with Crippen LogP contribution in [0.2, 0.25) is 0 Å². The van der Waals surface area contributed by atoms with Crippen LogP contribution in [0.25, 0.3) is 17.8 Å². The van der Waals surface area contributed by atoms with Crippen LogP contribution in [0.3, 0.4) is 0 Å². The van der Waals surface area contributed by atoms with E-state index < -0.39 is 5.76 Å². The summed E-state index contributed by atoms with van der Waals surface area (Å²) in [6.07, 6.45) is 9.64. The average Bonchev–Trinajstić information content (AvgIpc) is 3.65. The molecule has 0 atom stereocenters. The molecule has 4 aromatic heterocycles. The van der Waals surface area contributed by atoms with E-state index in [1.54, 1.807) is 19.5 Å². The molecule has 0 saturated carbocycles. The van der Waals surface area contributed by atoms with Crippen LogP contribution in [-0.4, -0.2) is 53.5 Å². The van der Waals surface area contributed by atoms with Crippen LogP contribution >= 0.6 is 0 Å². The predicted molar refractivity (Wildman–Crippen MR) is 108 cm³/mol. The van der Waals surface area contributed by atoms with Gasteiger partial charge in [0.2, 0.25) is 0 Å². The van der Waals surface area contributed by atoms with Gasteiger partial charge < -0.3 is 0 Å². The summed E-state index contributed by atoms with van der Waals surface area (Å²) >= 11 is 0. The summed E-state index contributed by atoms with van der Waals surface area (Å²) in [5, 5.41) is 0. The van der Waals surface area contributed by atoms with Crippen molar-refractivity contribution in [1.29, 1.82) is 0 Å². The van der Waals surface area contributed by atoms with Crippen molar-refractivity contribution in [3.63, 3.8) is 0 Å². The molecule has 0 aliphatic carbocycles. The van der Waals surface area contributed by atoms with E-state index in [0.29, 0.717) is 17.6 Å². The van der Waals surface area contributed by atoms with Crippen LogP contribution < -0.4 is 11.2 Å². The Morgan fingerprint density at radius 1 is 0.935 bits per heavy atom. The largest absolute Gasteiger partial charge is 0.480 e. The van der Waals surface area contributed by atoms with Crippen LogP contribution in [0.4, 0.5) is 0 Å². The fourth-order valence-electron chi connectivity index (χ4n) is 3.85. The van der Waals surface area contributed by atoms with Gasteiger partial charge >= 0.3 is 5.76 Å². The lowest BCUT2D eigenvalue weighted by molar-refractivity contribution is 0.137. The zero-order valence-corrected chi connectivity index (χ0v) is 17.3. The Morgan fingerprint density at radius 3 is 2.39 bits per heavy atom. The molecule has 0 aromatic carbocycles. The third kappa shape index (κ3) is 2.56. The quantitative estimate of drug-likeness (QED) is 0.245. The molecule has 2 aliphatic rings. The first-order valence-electron chi connectivity index (χ1n) is 10.6. The highest BCUT2D eigenvalue weighted by atomic mass is 16.6. The van der Waals surface area contributed by atoms with Gasteiger partial charge in [0.15, 0.2) is 0 Å². The van der Waals surface area contributed by atoms with Crippen molar-refractivity contribution in [3.8, 4) is 17.8 Å². The molecule has 2 aliphatic heterocycles. The van der Waals surface area contributed by atoms with Gasteiger partial charge in [-0.05, 0) is 37.8 Å². The molecular weight excluding hydrogens is 404 g/mol. The maximum absolute atomic E-state index is 12.1. The molecule has 0 radical (unpaired) electrons. The molecule has 0 fully saturated rings. The van der Waals surface area contributed by atoms with Gasteiger partial charge in [0.25, 0.3) is 17.8 Å². The number of hydrogen-bond donors (Lipinski definition) is 1. The molecule has 14 nitrogen and oxygen atoms in total. The van der Waals surface area contributed by atoms with Gasteiger partial charge in [0, 0.05) is 0 Å². The Bertz CT molecular complexity index is 1390. The fraction of sp³-hybridized carbons (Fsp3) is 0.529. The lowest BCUT2D eigenvalue weighted by atomic mass is 10.0. The Balaban J connectivity index is 1.17. The van der Waals surface area contributed by atoms with E-state index in [2.05, 4.69) is 40.5 Å². The molecule has 4 aromatic rings. The van der Waals surface area contributed by atoms with Crippen molar-refractivity contribution in [2.45, 2.75) is 58.3 Å². The van der Waals surface area contributed by atoms with E-state index in [1.165, 1.54) is 57.6 Å². The van der Waals surface area contributed by atoms with Gasteiger partial charge in [-0.15, -0.1) is 0 Å². The Morgan fingerprint density at radius 2 is 1.61 bits per heavy atom. The molecule has 1 N–H and O–H groups in total. The molecule has 0 saturated heterocycles. The minimum atomic E-state index is -0.572. The number of hydrogen-bond acceptors (Lipinski definition) is 6. The molecule has 0 spiro atoms. The molecular formula is C17H24N12O2. The van der Waals surface area contributed by atoms with Crippen molar-refractivity contribution in [2.24, 2.45) is 0 Å². The molecule has 14 heteroatoms. The smallest absolute Gasteiger partial charge is 0.291 e. The van der Waals surface area contributed by atoms with Crippen molar-refractivity contribution >= 4 is 0 Å². The minimum absolute atomic E-state index is 0.217. The monoisotopic (exact) mass is 428 g/mol. The van der Waals surface area contributed by atoms with E-state index in [9.17, 15) is 4.79 Å². The molecule has 31 heavy (non-hydrogen) atoms. The first-order valence-corrected chi connectivity index (χ1v) is 10.6. The van der Waals surface area contributed by atoms with Crippen molar-refractivity contribution in [3.05, 3.63) is 35.0 Å². The zero-order chi connectivity index (χ0) is 21.3. The lowest BCUT2D eigenvalue weighted by Crippen LogP contribution is -2.30. The highest BCUT2D eigenvalue weighted by molar-refractivity contribution is 5.31. The van der Waals surface area contributed by atoms with E-state index in [-0.39, 0.29) is 5.95 Å². The van der Waals surface area contributed by atoms with Gasteiger partial charge in [-0.25, -0.2) is 4.79 Å². The van der Waals surface area contributed by atoms with Crippen LogP contribution in [-0.2, 0) is 0 Å². The highest BCUT2D eigenvalue weighted by Crippen LogP contribution is 2.22. The second-order valence-electron chi connectivity index (χ2n) is 7.89. The first-order chi connectivity index (χ1) is 15.1. The fourth-order valence-corrected chi connectivity index (χ4v) is 3.85. The second-order valence-corrected chi connectivity index (χ2v) is 7.89. The number of rotatable bonds is 11. The summed E-state index contributed by atoms with van der Waals surface area (Å²) in [6, 6.07) is 0. The van der Waals surface area contributed by atoms with E-state index in [4.69, 9.17) is 4.52 Å². The first kappa shape index (κ1) is 18.0. The van der Waals surface area contributed by atoms with Crippen LogP contribution in [0.1, 0.15) is 58.3 Å². The van der Waals surface area contributed by atoms with Gasteiger partial charge in [-0.1, -0.05) is 77.7 Å². The molecule has 6 rings (SSSR count). The average molecular weight is 428 g/mol. The molecule has 6 bridgehead atoms. The van der Waals surface area contributed by atoms with Gasteiger partial charge in [0.05, 0.1) is 5.70 Å². The third-order valence-corrected chi connectivity index (χ3v) is 5.66. The number of nitrogens with zero attached hydrogens (tertiary/aromatic N) is 11. The lowest BCUT2D eigenvalue weighted by Gasteiger charge is -2.10. The van der Waals surface area contributed by atoms with E-state index in [0.717, 1.165) is 18.4 Å². The van der Waals surface area contributed by atoms with Crippen molar-refractivity contribution in [1.82, 2.24) is 53.5 Å². The maximum Gasteiger partial charge on any atom is 0.480 e. The van der Waals surface area contributed by atoms with Crippen LogP contribution in [0, 0.1) is 0 Å². The summed E-state index contributed by atoms with van der Waals surface area (Å²) in [4.78, 5) is 34.5. The highest BCUT2D eigenvalue weighted by Gasteiger charge is 2.41.